The Balaban J connectivity index is 4.15. The highest BCUT2D eigenvalue weighted by Crippen LogP contribution is 2.30. The third-order valence-electron chi connectivity index (χ3n) is 0.798. The van der Waals surface area contributed by atoms with Gasteiger partial charge in [-0.2, -0.15) is 0 Å². The topological polar surface area (TPSA) is 107 Å². The Morgan fingerprint density at radius 3 is 2.36 bits per heavy atom. The summed E-state index contributed by atoms with van der Waals surface area (Å²) in [4.78, 5) is 29.6. The predicted molar refractivity (Wildman–Crippen MR) is 37.6 cm³/mol. The molecule has 6 nitrogen and oxygen atoms in total. The fourth-order valence-electron chi connectivity index (χ4n) is 0.251. The molecular formula is C4H8NO5P. The van der Waals surface area contributed by atoms with Gasteiger partial charge < -0.3 is 14.9 Å². The molecule has 0 radical (unpaired) electrons. The van der Waals surface area contributed by atoms with Crippen LogP contribution in [0.4, 0.5) is 0 Å². The molecule has 0 aliphatic carbocycles. The van der Waals surface area contributed by atoms with Crippen LogP contribution in [0.5, 0.6) is 0 Å². The quantitative estimate of drug-likeness (QED) is 0.408. The Morgan fingerprint density at radius 2 is 2.09 bits per heavy atom. The summed E-state index contributed by atoms with van der Waals surface area (Å²) in [5.41, 5.74) is 0. The van der Waals surface area contributed by atoms with Gasteiger partial charge in [0.2, 0.25) is 0 Å². The number of hydrogen-bond donors (Lipinski definition) is 3. The van der Waals surface area contributed by atoms with Crippen molar-refractivity contribution >= 4 is 19.5 Å². The minimum absolute atomic E-state index is 0.339. The van der Waals surface area contributed by atoms with E-state index in [9.17, 15) is 9.36 Å². The first-order chi connectivity index (χ1) is 4.83. The lowest BCUT2D eigenvalue weighted by atomic mass is 10.4. The predicted octanol–water partition coefficient (Wildman–Crippen LogP) is -0.334. The van der Waals surface area contributed by atoms with E-state index in [4.69, 9.17) is 14.9 Å². The van der Waals surface area contributed by atoms with Crippen molar-refractivity contribution in [3.8, 4) is 0 Å². The van der Waals surface area contributed by atoms with Crippen LogP contribution in [0.15, 0.2) is 4.99 Å². The fraction of sp³-hybridized carbons (Fsp3) is 0.500. The van der Waals surface area contributed by atoms with Gasteiger partial charge in [-0.15, -0.1) is 0 Å². The van der Waals surface area contributed by atoms with Gasteiger partial charge in [-0.3, -0.25) is 9.56 Å². The van der Waals surface area contributed by atoms with Gasteiger partial charge in [0.15, 0.2) is 0 Å². The van der Waals surface area contributed by atoms with Gasteiger partial charge in [0, 0.05) is 0 Å². The smallest absolute Gasteiger partial charge is 0.366 e. The molecule has 0 amide bonds. The molecule has 0 rings (SSSR count). The molecular weight excluding hydrogens is 173 g/mol. The minimum atomic E-state index is -4.31. The molecule has 0 aliphatic rings. The lowest BCUT2D eigenvalue weighted by Gasteiger charge is -1.98. The normalized spacial score (nSPS) is 15.2. The lowest BCUT2D eigenvalue weighted by Crippen LogP contribution is -2.12. The number of rotatable bonds is 3. The van der Waals surface area contributed by atoms with Crippen LogP contribution in [0.1, 0.15) is 6.92 Å². The van der Waals surface area contributed by atoms with E-state index in [1.807, 2.05) is 0 Å². The van der Waals surface area contributed by atoms with Gasteiger partial charge in [0.25, 0.3) is 0 Å². The van der Waals surface area contributed by atoms with Crippen LogP contribution < -0.4 is 0 Å². The van der Waals surface area contributed by atoms with E-state index in [-0.39, 0.29) is 0 Å². The second kappa shape index (κ2) is 3.61. The maximum absolute atomic E-state index is 10.1. The fourth-order valence-corrected chi connectivity index (χ4v) is 0.624. The van der Waals surface area contributed by atoms with E-state index in [1.165, 1.54) is 6.92 Å². The zero-order chi connectivity index (χ0) is 9.07. The molecule has 0 fully saturated rings. The van der Waals surface area contributed by atoms with Crippen molar-refractivity contribution in [2.24, 2.45) is 4.99 Å². The third kappa shape index (κ3) is 5.72. The SMILES string of the molecule is C[C@H](N=CP(=O)(O)O)C(=O)O. The number of aliphatic carboxylic acids is 1. The number of nitrogens with zero attached hydrogens (tertiary/aromatic N) is 1. The van der Waals surface area contributed by atoms with Crippen molar-refractivity contribution in [3.05, 3.63) is 0 Å². The molecule has 0 aromatic rings. The van der Waals surface area contributed by atoms with Crippen molar-refractivity contribution in [2.45, 2.75) is 13.0 Å². The minimum Gasteiger partial charge on any atom is -0.480 e. The Morgan fingerprint density at radius 1 is 1.64 bits per heavy atom. The van der Waals surface area contributed by atoms with Crippen LogP contribution in [0.3, 0.4) is 0 Å². The largest absolute Gasteiger partial charge is 0.480 e. The van der Waals surface area contributed by atoms with Crippen LogP contribution >= 0.6 is 7.60 Å². The standard InChI is InChI=1S/C4H8NO5P/c1-3(4(6)7)5-2-11(8,9)10/h2-3H,1H3,(H,6,7)(H2,8,9,10)/t3-/m0/s1. The number of carboxylic acids is 1. The summed E-state index contributed by atoms with van der Waals surface area (Å²) in [5.74, 6) is -0.888. The van der Waals surface area contributed by atoms with E-state index in [0.717, 1.165) is 0 Å². The van der Waals surface area contributed by atoms with Gasteiger partial charge in [-0.1, -0.05) is 0 Å². The monoisotopic (exact) mass is 181 g/mol. The van der Waals surface area contributed by atoms with Crippen molar-refractivity contribution in [1.82, 2.24) is 0 Å². The third-order valence-corrected chi connectivity index (χ3v) is 1.23. The van der Waals surface area contributed by atoms with Crippen molar-refractivity contribution in [1.29, 1.82) is 0 Å². The number of aliphatic imine (C=N–C) groups is 1. The summed E-state index contributed by atoms with van der Waals surface area (Å²) in [6.07, 6.45) is 0. The van der Waals surface area contributed by atoms with Crippen LogP contribution in [-0.2, 0) is 9.36 Å². The van der Waals surface area contributed by atoms with Crippen LogP contribution in [0.2, 0.25) is 0 Å². The summed E-state index contributed by atoms with van der Waals surface area (Å²) in [7, 11) is -4.31. The molecule has 1 atom stereocenters. The molecule has 0 saturated carbocycles. The molecule has 0 bridgehead atoms. The van der Waals surface area contributed by atoms with Crippen LogP contribution in [-0.4, -0.2) is 32.9 Å². The Hall–Kier alpha value is -0.710. The van der Waals surface area contributed by atoms with E-state index >= 15 is 0 Å². The zero-order valence-electron chi connectivity index (χ0n) is 5.71. The summed E-state index contributed by atoms with van der Waals surface area (Å²) in [5, 5.41) is 8.21. The molecule has 0 aromatic carbocycles. The highest BCUT2D eigenvalue weighted by molar-refractivity contribution is 7.67. The van der Waals surface area contributed by atoms with Gasteiger partial charge in [0.05, 0.1) is 0 Å². The van der Waals surface area contributed by atoms with Gasteiger partial charge in [0.1, 0.15) is 12.0 Å². The van der Waals surface area contributed by atoms with Crippen molar-refractivity contribution in [3.63, 3.8) is 0 Å². The zero-order valence-corrected chi connectivity index (χ0v) is 6.60. The number of carbonyl (C=O) groups is 1. The van der Waals surface area contributed by atoms with E-state index in [2.05, 4.69) is 4.99 Å². The molecule has 64 valence electrons. The highest BCUT2D eigenvalue weighted by atomic mass is 31.2. The van der Waals surface area contributed by atoms with Crippen LogP contribution in [0.25, 0.3) is 0 Å². The maximum Gasteiger partial charge on any atom is 0.366 e. The molecule has 0 aromatic heterocycles. The lowest BCUT2D eigenvalue weighted by molar-refractivity contribution is -0.137. The summed E-state index contributed by atoms with van der Waals surface area (Å²) in [6.45, 7) is 1.22. The highest BCUT2D eigenvalue weighted by Gasteiger charge is 2.12. The van der Waals surface area contributed by atoms with Crippen molar-refractivity contribution in [2.75, 3.05) is 0 Å². The Bertz CT molecular complexity index is 219. The Labute approximate surface area is 62.7 Å². The first-order valence-electron chi connectivity index (χ1n) is 2.65. The first-order valence-corrected chi connectivity index (χ1v) is 4.33. The molecule has 3 N–H and O–H groups in total. The maximum atomic E-state index is 10.1. The molecule has 7 heteroatoms. The van der Waals surface area contributed by atoms with Crippen LogP contribution in [0, 0.1) is 0 Å². The molecule has 0 saturated heterocycles. The summed E-state index contributed by atoms with van der Waals surface area (Å²) in [6, 6.07) is -1.12. The summed E-state index contributed by atoms with van der Waals surface area (Å²) < 4.78 is 10.1. The molecule has 0 aliphatic heterocycles. The van der Waals surface area contributed by atoms with Gasteiger partial charge >= 0.3 is 13.6 Å². The summed E-state index contributed by atoms with van der Waals surface area (Å²) >= 11 is 0. The van der Waals surface area contributed by atoms with E-state index in [1.54, 1.807) is 0 Å². The second-order valence-corrected chi connectivity index (χ2v) is 3.28. The molecule has 11 heavy (non-hydrogen) atoms. The van der Waals surface area contributed by atoms with E-state index < -0.39 is 19.6 Å². The molecule has 0 heterocycles. The molecule has 0 unspecified atom stereocenters. The van der Waals surface area contributed by atoms with Crippen molar-refractivity contribution < 1.29 is 24.3 Å². The average molecular weight is 181 g/mol. The first kappa shape index (κ1) is 10.3. The van der Waals surface area contributed by atoms with Gasteiger partial charge in [-0.25, -0.2) is 4.79 Å². The van der Waals surface area contributed by atoms with Gasteiger partial charge in [-0.05, 0) is 6.92 Å². The number of hydrogen-bond acceptors (Lipinski definition) is 3. The molecule has 0 spiro atoms. The number of carboxylic acid groups (broad SMARTS) is 1. The average Bonchev–Trinajstić information content (AvgIpc) is 1.80. The Kier molecular flexibility index (Phi) is 3.38. The van der Waals surface area contributed by atoms with E-state index in [0.29, 0.717) is 5.96 Å². The second-order valence-electron chi connectivity index (χ2n) is 1.87.